The van der Waals surface area contributed by atoms with Crippen LogP contribution in [0.3, 0.4) is 0 Å². The number of rotatable bonds is 2. The Labute approximate surface area is 111 Å². The van der Waals surface area contributed by atoms with Gasteiger partial charge in [0.1, 0.15) is 5.75 Å². The normalized spacial score (nSPS) is 16.9. The molecule has 2 N–H and O–H groups in total. The van der Waals surface area contributed by atoms with Crippen molar-refractivity contribution >= 4 is 17.5 Å². The van der Waals surface area contributed by atoms with Gasteiger partial charge < -0.3 is 15.1 Å². The largest absolute Gasteiger partial charge is 0.508 e. The van der Waals surface area contributed by atoms with Crippen molar-refractivity contribution < 1.29 is 15.0 Å². The Kier molecular flexibility index (Phi) is 4.09. The molecule has 1 amide bonds. The maximum absolute atomic E-state index is 12.2. The summed E-state index contributed by atoms with van der Waals surface area (Å²) in [5.74, 6) is 0.161. The highest BCUT2D eigenvalue weighted by Gasteiger charge is 2.24. The molecule has 0 atom stereocenters. The Morgan fingerprint density at radius 3 is 2.67 bits per heavy atom. The average molecular weight is 270 g/mol. The van der Waals surface area contributed by atoms with Crippen LogP contribution in [0.2, 0.25) is 5.02 Å². The van der Waals surface area contributed by atoms with Crippen LogP contribution in [-0.4, -0.2) is 40.7 Å². The molecule has 1 saturated heterocycles. The van der Waals surface area contributed by atoms with Gasteiger partial charge in [0.25, 0.3) is 5.91 Å². The molecule has 0 unspecified atom stereocenters. The first-order chi connectivity index (χ1) is 8.61. The van der Waals surface area contributed by atoms with Gasteiger partial charge in [0, 0.05) is 19.7 Å². The molecule has 0 saturated carbocycles. The number of phenols is 1. The first-order valence-electron chi connectivity index (χ1n) is 6.00. The number of aliphatic hydroxyl groups excluding tert-OH is 1. The zero-order valence-corrected chi connectivity index (χ0v) is 10.7. The average Bonchev–Trinajstić information content (AvgIpc) is 2.41. The van der Waals surface area contributed by atoms with Gasteiger partial charge in [0.2, 0.25) is 0 Å². The van der Waals surface area contributed by atoms with Crippen molar-refractivity contribution in [2.45, 2.75) is 12.8 Å². The SMILES string of the molecule is O=C(c1cc(O)ccc1Cl)N1CCC(CO)CC1. The van der Waals surface area contributed by atoms with Crippen LogP contribution >= 0.6 is 11.6 Å². The molecule has 0 aliphatic carbocycles. The summed E-state index contributed by atoms with van der Waals surface area (Å²) in [5, 5.41) is 18.8. The Morgan fingerprint density at radius 1 is 1.39 bits per heavy atom. The summed E-state index contributed by atoms with van der Waals surface area (Å²) >= 11 is 5.97. The summed E-state index contributed by atoms with van der Waals surface area (Å²) in [7, 11) is 0. The van der Waals surface area contributed by atoms with Gasteiger partial charge >= 0.3 is 0 Å². The number of aliphatic hydroxyl groups is 1. The number of phenolic OH excluding ortho intramolecular Hbond substituents is 1. The Balaban J connectivity index is 2.10. The number of carbonyl (C=O) groups is 1. The number of piperidine rings is 1. The maximum Gasteiger partial charge on any atom is 0.255 e. The molecule has 0 bridgehead atoms. The van der Waals surface area contributed by atoms with Gasteiger partial charge in [0.05, 0.1) is 10.6 Å². The van der Waals surface area contributed by atoms with Gasteiger partial charge in [-0.05, 0) is 37.0 Å². The molecule has 2 rings (SSSR count). The number of carbonyl (C=O) groups excluding carboxylic acids is 1. The van der Waals surface area contributed by atoms with E-state index in [1.807, 2.05) is 0 Å². The highest BCUT2D eigenvalue weighted by molar-refractivity contribution is 6.33. The molecular weight excluding hydrogens is 254 g/mol. The van der Waals surface area contributed by atoms with Crippen molar-refractivity contribution in [3.8, 4) is 5.75 Å². The summed E-state index contributed by atoms with van der Waals surface area (Å²) < 4.78 is 0. The van der Waals surface area contributed by atoms with Crippen molar-refractivity contribution in [2.75, 3.05) is 19.7 Å². The van der Waals surface area contributed by atoms with E-state index in [2.05, 4.69) is 0 Å². The lowest BCUT2D eigenvalue weighted by atomic mass is 9.97. The number of benzene rings is 1. The topological polar surface area (TPSA) is 60.8 Å². The molecular formula is C13H16ClNO3. The van der Waals surface area contributed by atoms with Crippen molar-refractivity contribution in [3.63, 3.8) is 0 Å². The number of likely N-dealkylation sites (tertiary alicyclic amines) is 1. The second-order valence-corrected chi connectivity index (χ2v) is 4.99. The predicted octanol–water partition coefficient (Wildman–Crippen LogP) is 1.89. The lowest BCUT2D eigenvalue weighted by Crippen LogP contribution is -2.39. The van der Waals surface area contributed by atoms with Gasteiger partial charge in [-0.3, -0.25) is 4.79 Å². The van der Waals surface area contributed by atoms with Crippen LogP contribution in [0.15, 0.2) is 18.2 Å². The minimum atomic E-state index is -0.160. The minimum Gasteiger partial charge on any atom is -0.508 e. The molecule has 0 spiro atoms. The molecule has 1 heterocycles. The number of hydrogen-bond donors (Lipinski definition) is 2. The van der Waals surface area contributed by atoms with E-state index in [0.29, 0.717) is 23.7 Å². The molecule has 18 heavy (non-hydrogen) atoms. The third kappa shape index (κ3) is 2.76. The number of hydrogen-bond acceptors (Lipinski definition) is 3. The minimum absolute atomic E-state index is 0.0352. The number of aromatic hydroxyl groups is 1. The summed E-state index contributed by atoms with van der Waals surface area (Å²) in [4.78, 5) is 14.0. The first-order valence-corrected chi connectivity index (χ1v) is 6.38. The van der Waals surface area contributed by atoms with Crippen molar-refractivity contribution in [1.82, 2.24) is 4.90 Å². The molecule has 1 aliphatic heterocycles. The smallest absolute Gasteiger partial charge is 0.255 e. The van der Waals surface area contributed by atoms with E-state index in [1.165, 1.54) is 18.2 Å². The molecule has 98 valence electrons. The molecule has 4 nitrogen and oxygen atoms in total. The molecule has 0 aromatic heterocycles. The predicted molar refractivity (Wildman–Crippen MR) is 68.8 cm³/mol. The summed E-state index contributed by atoms with van der Waals surface area (Å²) in [5.41, 5.74) is 0.333. The molecule has 0 radical (unpaired) electrons. The van der Waals surface area contributed by atoms with E-state index in [9.17, 15) is 9.90 Å². The van der Waals surface area contributed by atoms with Crippen molar-refractivity contribution in [2.24, 2.45) is 5.92 Å². The van der Waals surface area contributed by atoms with Crippen molar-refractivity contribution in [3.05, 3.63) is 28.8 Å². The number of amides is 1. The monoisotopic (exact) mass is 269 g/mol. The molecule has 1 aromatic rings. The standard InChI is InChI=1S/C13H16ClNO3/c14-12-2-1-10(17)7-11(12)13(18)15-5-3-9(8-16)4-6-15/h1-2,7,9,16-17H,3-6,8H2. The van der Waals surface area contributed by atoms with Gasteiger partial charge in [-0.25, -0.2) is 0 Å². The summed E-state index contributed by atoms with van der Waals surface area (Å²) in [6.07, 6.45) is 1.61. The highest BCUT2D eigenvalue weighted by Crippen LogP contribution is 2.25. The van der Waals surface area contributed by atoms with E-state index in [4.69, 9.17) is 16.7 Å². The van der Waals surface area contributed by atoms with Crippen LogP contribution in [0.25, 0.3) is 0 Å². The molecule has 5 heteroatoms. The fourth-order valence-electron chi connectivity index (χ4n) is 2.17. The Hall–Kier alpha value is -1.26. The van der Waals surface area contributed by atoms with E-state index >= 15 is 0 Å². The Morgan fingerprint density at radius 2 is 2.06 bits per heavy atom. The third-order valence-electron chi connectivity index (χ3n) is 3.34. The first kappa shape index (κ1) is 13.2. The van der Waals surface area contributed by atoms with Gasteiger partial charge in [-0.15, -0.1) is 0 Å². The van der Waals surface area contributed by atoms with E-state index in [0.717, 1.165) is 12.8 Å². The van der Waals surface area contributed by atoms with Crippen LogP contribution in [-0.2, 0) is 0 Å². The number of halogens is 1. The van der Waals surface area contributed by atoms with Crippen LogP contribution in [0.1, 0.15) is 23.2 Å². The fourth-order valence-corrected chi connectivity index (χ4v) is 2.36. The van der Waals surface area contributed by atoms with Gasteiger partial charge in [-0.2, -0.15) is 0 Å². The van der Waals surface area contributed by atoms with Crippen LogP contribution in [0.4, 0.5) is 0 Å². The molecule has 1 aliphatic rings. The summed E-state index contributed by atoms with van der Waals surface area (Å²) in [6.45, 7) is 1.42. The summed E-state index contributed by atoms with van der Waals surface area (Å²) in [6, 6.07) is 4.37. The second kappa shape index (κ2) is 5.59. The van der Waals surface area contributed by atoms with Gasteiger partial charge in [0.15, 0.2) is 0 Å². The fraction of sp³-hybridized carbons (Fsp3) is 0.462. The van der Waals surface area contributed by atoms with Crippen LogP contribution in [0, 0.1) is 5.92 Å². The second-order valence-electron chi connectivity index (χ2n) is 4.58. The van der Waals surface area contributed by atoms with E-state index < -0.39 is 0 Å². The maximum atomic E-state index is 12.2. The highest BCUT2D eigenvalue weighted by atomic mass is 35.5. The molecule has 1 aromatic carbocycles. The van der Waals surface area contributed by atoms with E-state index in [1.54, 1.807) is 4.90 Å². The van der Waals surface area contributed by atoms with Crippen LogP contribution in [0.5, 0.6) is 5.75 Å². The number of nitrogens with zero attached hydrogens (tertiary/aromatic N) is 1. The van der Waals surface area contributed by atoms with Crippen LogP contribution < -0.4 is 0 Å². The third-order valence-corrected chi connectivity index (χ3v) is 3.67. The molecule has 1 fully saturated rings. The Bertz CT molecular complexity index is 442. The van der Waals surface area contributed by atoms with Crippen molar-refractivity contribution in [1.29, 1.82) is 0 Å². The van der Waals surface area contributed by atoms with E-state index in [-0.39, 0.29) is 24.2 Å². The lowest BCUT2D eigenvalue weighted by molar-refractivity contribution is 0.0650. The zero-order valence-electron chi connectivity index (χ0n) is 9.97. The quantitative estimate of drug-likeness (QED) is 0.862. The lowest BCUT2D eigenvalue weighted by Gasteiger charge is -2.31. The van der Waals surface area contributed by atoms with Gasteiger partial charge in [-0.1, -0.05) is 11.6 Å². The zero-order chi connectivity index (χ0) is 13.1.